The van der Waals surface area contributed by atoms with E-state index in [-0.39, 0.29) is 17.3 Å². The van der Waals surface area contributed by atoms with E-state index in [2.05, 4.69) is 25.2 Å². The number of rotatable bonds is 5. The number of carbonyl (C=O) groups is 1. The van der Waals surface area contributed by atoms with Crippen LogP contribution in [0.25, 0.3) is 0 Å². The van der Waals surface area contributed by atoms with Gasteiger partial charge in [0.15, 0.2) is 0 Å². The molecule has 0 unspecified atom stereocenters. The van der Waals surface area contributed by atoms with Crippen molar-refractivity contribution in [1.82, 2.24) is 25.2 Å². The summed E-state index contributed by atoms with van der Waals surface area (Å²) in [4.78, 5) is 39.0. The molecule has 1 amide bonds. The normalized spacial score (nSPS) is 16.5. The topological polar surface area (TPSA) is 94.2 Å². The number of pyridine rings is 1. The summed E-state index contributed by atoms with van der Waals surface area (Å²) in [7, 11) is 3.41. The van der Waals surface area contributed by atoms with E-state index in [4.69, 9.17) is 0 Å². The van der Waals surface area contributed by atoms with Gasteiger partial charge in [-0.1, -0.05) is 0 Å². The predicted molar refractivity (Wildman–Crippen MR) is 109 cm³/mol. The van der Waals surface area contributed by atoms with E-state index in [0.717, 1.165) is 47.7 Å². The molecule has 2 aromatic rings. The zero-order valence-electron chi connectivity index (χ0n) is 17.2. The van der Waals surface area contributed by atoms with Gasteiger partial charge in [0.1, 0.15) is 5.82 Å². The van der Waals surface area contributed by atoms with Crippen molar-refractivity contribution >= 4 is 11.7 Å². The first-order valence-corrected chi connectivity index (χ1v) is 9.49. The third-order valence-electron chi connectivity index (χ3n) is 5.27. The number of nitrogens with zero attached hydrogens (tertiary/aromatic N) is 4. The fraction of sp³-hybridized carbons (Fsp3) is 0.500. The monoisotopic (exact) mass is 384 g/mol. The van der Waals surface area contributed by atoms with E-state index in [1.54, 1.807) is 26.4 Å². The summed E-state index contributed by atoms with van der Waals surface area (Å²) in [5.41, 5.74) is 3.83. The third-order valence-corrected chi connectivity index (χ3v) is 5.27. The van der Waals surface area contributed by atoms with Gasteiger partial charge in [-0.25, -0.2) is 9.97 Å². The molecule has 1 aliphatic rings. The molecule has 1 fully saturated rings. The van der Waals surface area contributed by atoms with Crippen LogP contribution in [0.3, 0.4) is 0 Å². The lowest BCUT2D eigenvalue weighted by molar-refractivity contribution is 0.0815. The van der Waals surface area contributed by atoms with E-state index < -0.39 is 0 Å². The van der Waals surface area contributed by atoms with Crippen LogP contribution in [0, 0.1) is 20.8 Å². The number of hydrogen-bond donors (Lipinski definition) is 2. The maximum Gasteiger partial charge on any atom is 0.291 e. The molecule has 1 saturated heterocycles. The molecule has 1 aliphatic heterocycles. The van der Waals surface area contributed by atoms with Gasteiger partial charge < -0.3 is 20.1 Å². The molecule has 0 saturated carbocycles. The van der Waals surface area contributed by atoms with Crippen molar-refractivity contribution in [1.29, 1.82) is 0 Å². The Morgan fingerprint density at radius 2 is 2.07 bits per heavy atom. The molecule has 3 heterocycles. The highest BCUT2D eigenvalue weighted by Gasteiger charge is 2.26. The largest absolute Gasteiger partial charge is 0.355 e. The third kappa shape index (κ3) is 4.22. The summed E-state index contributed by atoms with van der Waals surface area (Å²) in [6.07, 6.45) is 2.76. The van der Waals surface area contributed by atoms with E-state index in [9.17, 15) is 9.59 Å². The number of nitrogens with one attached hydrogen (secondary N) is 2. The van der Waals surface area contributed by atoms with Crippen LogP contribution in [-0.2, 0) is 6.54 Å². The Morgan fingerprint density at radius 1 is 1.32 bits per heavy atom. The first kappa shape index (κ1) is 20.0. The van der Waals surface area contributed by atoms with Crippen LogP contribution in [-0.4, -0.2) is 59.0 Å². The molecule has 0 bridgehead atoms. The van der Waals surface area contributed by atoms with Crippen molar-refractivity contribution in [3.05, 3.63) is 50.8 Å². The van der Waals surface area contributed by atoms with Gasteiger partial charge in [0.05, 0.1) is 0 Å². The van der Waals surface area contributed by atoms with Crippen LogP contribution >= 0.6 is 0 Å². The number of hydrogen-bond acceptors (Lipinski definition) is 6. The van der Waals surface area contributed by atoms with Gasteiger partial charge >= 0.3 is 0 Å². The highest BCUT2D eigenvalue weighted by atomic mass is 16.2. The first-order chi connectivity index (χ1) is 13.3. The average molecular weight is 384 g/mol. The van der Waals surface area contributed by atoms with Crippen molar-refractivity contribution in [2.24, 2.45) is 0 Å². The van der Waals surface area contributed by atoms with E-state index in [1.807, 2.05) is 20.8 Å². The molecule has 2 aromatic heterocycles. The highest BCUT2D eigenvalue weighted by molar-refractivity contribution is 5.90. The van der Waals surface area contributed by atoms with Gasteiger partial charge in [0.2, 0.25) is 11.4 Å². The predicted octanol–water partition coefficient (Wildman–Crippen LogP) is 1.16. The summed E-state index contributed by atoms with van der Waals surface area (Å²) in [5, 5.41) is 3.57. The standard InChI is InChI=1S/C20H28N6O2/c1-12-8-17(27)22-10-15(12)9-21-16-6-7-26(11-16)19-13(2)14(3)23-18(24-19)20(28)25(4)5/h8,10,16,21H,6-7,9,11H2,1-5H3,(H,22,27)/t16-/m1/s1. The van der Waals surface area contributed by atoms with Gasteiger partial charge in [0, 0.05) is 63.3 Å². The second kappa shape index (κ2) is 8.10. The Labute approximate surface area is 165 Å². The van der Waals surface area contributed by atoms with Crippen molar-refractivity contribution in [2.45, 2.75) is 39.8 Å². The molecule has 8 nitrogen and oxygen atoms in total. The fourth-order valence-electron chi connectivity index (χ4n) is 3.38. The maximum absolute atomic E-state index is 12.3. The quantitative estimate of drug-likeness (QED) is 0.803. The minimum atomic E-state index is -0.188. The number of amides is 1. The second-order valence-corrected chi connectivity index (χ2v) is 7.60. The average Bonchev–Trinajstić information content (AvgIpc) is 3.11. The summed E-state index contributed by atoms with van der Waals surface area (Å²) in [5.74, 6) is 0.886. The number of H-pyrrole nitrogens is 1. The zero-order chi connectivity index (χ0) is 20.4. The maximum atomic E-state index is 12.3. The van der Waals surface area contributed by atoms with E-state index >= 15 is 0 Å². The van der Waals surface area contributed by atoms with Gasteiger partial charge in [-0.05, 0) is 38.3 Å². The van der Waals surface area contributed by atoms with Crippen LogP contribution in [0.15, 0.2) is 17.1 Å². The summed E-state index contributed by atoms with van der Waals surface area (Å²) < 4.78 is 0. The SMILES string of the molecule is Cc1cc(=O)[nH]cc1CN[C@@H]1CCN(c2nc(C(=O)N(C)C)nc(C)c2C)C1. The van der Waals surface area contributed by atoms with Crippen molar-refractivity contribution in [2.75, 3.05) is 32.1 Å². The molecule has 0 aliphatic carbocycles. The molecule has 0 spiro atoms. The summed E-state index contributed by atoms with van der Waals surface area (Å²) >= 11 is 0. The Kier molecular flexibility index (Phi) is 5.79. The van der Waals surface area contributed by atoms with Crippen LogP contribution in [0.1, 0.15) is 39.4 Å². The van der Waals surface area contributed by atoms with Gasteiger partial charge in [0.25, 0.3) is 5.91 Å². The molecule has 2 N–H and O–H groups in total. The zero-order valence-corrected chi connectivity index (χ0v) is 17.2. The van der Waals surface area contributed by atoms with Crippen molar-refractivity contribution in [3.63, 3.8) is 0 Å². The van der Waals surface area contributed by atoms with Gasteiger partial charge in [-0.2, -0.15) is 0 Å². The molecule has 1 atom stereocenters. The molecule has 0 radical (unpaired) electrons. The van der Waals surface area contributed by atoms with Crippen LogP contribution in [0.2, 0.25) is 0 Å². The lowest BCUT2D eigenvalue weighted by Crippen LogP contribution is -2.33. The van der Waals surface area contributed by atoms with Crippen LogP contribution in [0.5, 0.6) is 0 Å². The fourth-order valence-corrected chi connectivity index (χ4v) is 3.38. The second-order valence-electron chi connectivity index (χ2n) is 7.60. The molecular weight excluding hydrogens is 356 g/mol. The highest BCUT2D eigenvalue weighted by Crippen LogP contribution is 2.24. The molecule has 28 heavy (non-hydrogen) atoms. The Bertz CT molecular complexity index is 937. The Hall–Kier alpha value is -2.74. The van der Waals surface area contributed by atoms with Crippen LogP contribution in [0.4, 0.5) is 5.82 Å². The Balaban J connectivity index is 1.71. The minimum absolute atomic E-state index is 0.0778. The smallest absolute Gasteiger partial charge is 0.291 e. The Morgan fingerprint density at radius 3 is 2.75 bits per heavy atom. The van der Waals surface area contributed by atoms with Gasteiger partial charge in [-0.15, -0.1) is 0 Å². The minimum Gasteiger partial charge on any atom is -0.355 e. The summed E-state index contributed by atoms with van der Waals surface area (Å²) in [6.45, 7) is 8.25. The number of aromatic amines is 1. The lowest BCUT2D eigenvalue weighted by Gasteiger charge is -2.22. The van der Waals surface area contributed by atoms with Crippen LogP contribution < -0.4 is 15.8 Å². The number of anilines is 1. The number of aromatic nitrogens is 3. The van der Waals surface area contributed by atoms with E-state index in [1.165, 1.54) is 4.90 Å². The first-order valence-electron chi connectivity index (χ1n) is 9.49. The molecule has 0 aromatic carbocycles. The lowest BCUT2D eigenvalue weighted by atomic mass is 10.1. The van der Waals surface area contributed by atoms with Crippen molar-refractivity contribution < 1.29 is 4.79 Å². The van der Waals surface area contributed by atoms with Gasteiger partial charge in [-0.3, -0.25) is 9.59 Å². The molecule has 8 heteroatoms. The van der Waals surface area contributed by atoms with E-state index in [0.29, 0.717) is 12.6 Å². The molecule has 150 valence electrons. The molecular formula is C20H28N6O2. The van der Waals surface area contributed by atoms with Crippen molar-refractivity contribution in [3.8, 4) is 0 Å². The number of carbonyl (C=O) groups excluding carboxylic acids is 1. The summed E-state index contributed by atoms with van der Waals surface area (Å²) in [6, 6.07) is 1.93. The number of aryl methyl sites for hydroxylation is 2. The molecule has 3 rings (SSSR count).